The van der Waals surface area contributed by atoms with Gasteiger partial charge < -0.3 is 5.11 Å². The molecule has 0 amide bonds. The monoisotopic (exact) mass is 171 g/mol. The van der Waals surface area contributed by atoms with Crippen molar-refractivity contribution in [2.75, 3.05) is 5.88 Å². The maximum Gasteiger partial charge on any atom is 0.100 e. The molecule has 0 aliphatic carbocycles. The van der Waals surface area contributed by atoms with Gasteiger partial charge in [-0.25, -0.2) is 0 Å². The minimum atomic E-state index is -0.940. The molecule has 1 aromatic heterocycles. The third kappa shape index (κ3) is 1.91. The Labute approximate surface area is 70.8 Å². The minimum Gasteiger partial charge on any atom is -0.384 e. The van der Waals surface area contributed by atoms with Gasteiger partial charge in [-0.05, 0) is 24.6 Å². The van der Waals surface area contributed by atoms with Crippen molar-refractivity contribution in [3.8, 4) is 0 Å². The molecule has 60 valence electrons. The van der Waals surface area contributed by atoms with Gasteiger partial charge in [0.1, 0.15) is 5.60 Å². The van der Waals surface area contributed by atoms with Crippen LogP contribution in [0, 0.1) is 0 Å². The summed E-state index contributed by atoms with van der Waals surface area (Å²) >= 11 is 5.56. The molecule has 0 radical (unpaired) electrons. The first-order valence-corrected chi connectivity index (χ1v) is 3.89. The first-order valence-electron chi connectivity index (χ1n) is 3.35. The molecule has 0 aromatic carbocycles. The van der Waals surface area contributed by atoms with Crippen LogP contribution in [0.4, 0.5) is 0 Å². The molecule has 1 unspecified atom stereocenters. The standard InChI is InChI=1S/C8H10ClNO/c1-8(11,6-9)7-2-4-10-5-3-7/h2-5,11H,6H2,1H3. The van der Waals surface area contributed by atoms with E-state index in [-0.39, 0.29) is 5.88 Å². The number of alkyl halides is 1. The highest BCUT2D eigenvalue weighted by Gasteiger charge is 2.20. The molecule has 11 heavy (non-hydrogen) atoms. The Hall–Kier alpha value is -0.600. The molecule has 2 nitrogen and oxygen atoms in total. The van der Waals surface area contributed by atoms with Crippen LogP contribution in [0.1, 0.15) is 12.5 Å². The SMILES string of the molecule is CC(O)(CCl)c1ccncc1. The van der Waals surface area contributed by atoms with Crippen molar-refractivity contribution in [3.05, 3.63) is 30.1 Å². The van der Waals surface area contributed by atoms with Crippen LogP contribution in [0.15, 0.2) is 24.5 Å². The van der Waals surface area contributed by atoms with Gasteiger partial charge in [-0.15, -0.1) is 11.6 Å². The fourth-order valence-electron chi connectivity index (χ4n) is 0.788. The van der Waals surface area contributed by atoms with Gasteiger partial charge in [-0.3, -0.25) is 4.98 Å². The Morgan fingerprint density at radius 2 is 2.09 bits per heavy atom. The van der Waals surface area contributed by atoms with E-state index in [2.05, 4.69) is 4.98 Å². The summed E-state index contributed by atoms with van der Waals surface area (Å²) in [5.74, 6) is 0.191. The number of aromatic nitrogens is 1. The fraction of sp³-hybridized carbons (Fsp3) is 0.375. The Morgan fingerprint density at radius 1 is 1.55 bits per heavy atom. The smallest absolute Gasteiger partial charge is 0.100 e. The van der Waals surface area contributed by atoms with Gasteiger partial charge in [-0.2, -0.15) is 0 Å². The zero-order valence-electron chi connectivity index (χ0n) is 6.29. The number of aliphatic hydroxyl groups is 1. The predicted octanol–water partition coefficient (Wildman–Crippen LogP) is 1.53. The van der Waals surface area contributed by atoms with Gasteiger partial charge in [0.05, 0.1) is 5.88 Å². The summed E-state index contributed by atoms with van der Waals surface area (Å²) in [6.07, 6.45) is 3.27. The second kappa shape index (κ2) is 3.20. The van der Waals surface area contributed by atoms with E-state index >= 15 is 0 Å². The first-order chi connectivity index (χ1) is 5.17. The third-order valence-electron chi connectivity index (χ3n) is 1.56. The average molecular weight is 172 g/mol. The van der Waals surface area contributed by atoms with Crippen molar-refractivity contribution in [1.29, 1.82) is 0 Å². The number of hydrogen-bond acceptors (Lipinski definition) is 2. The lowest BCUT2D eigenvalue weighted by atomic mass is 10.00. The molecule has 0 fully saturated rings. The second-order valence-corrected chi connectivity index (χ2v) is 2.91. The van der Waals surface area contributed by atoms with Gasteiger partial charge in [0.15, 0.2) is 0 Å². The molecule has 1 N–H and O–H groups in total. The van der Waals surface area contributed by atoms with Crippen LogP contribution in [0.25, 0.3) is 0 Å². The van der Waals surface area contributed by atoms with E-state index in [1.807, 2.05) is 0 Å². The van der Waals surface area contributed by atoms with E-state index in [1.54, 1.807) is 31.5 Å². The summed E-state index contributed by atoms with van der Waals surface area (Å²) in [6, 6.07) is 3.50. The molecule has 1 aromatic rings. The quantitative estimate of drug-likeness (QED) is 0.685. The van der Waals surface area contributed by atoms with Crippen LogP contribution >= 0.6 is 11.6 Å². The highest BCUT2D eigenvalue weighted by Crippen LogP contribution is 2.20. The van der Waals surface area contributed by atoms with Crippen LogP contribution in [0.2, 0.25) is 0 Å². The molecule has 0 aliphatic rings. The van der Waals surface area contributed by atoms with Crippen molar-refractivity contribution in [2.24, 2.45) is 0 Å². The van der Waals surface area contributed by atoms with Crippen molar-refractivity contribution < 1.29 is 5.11 Å². The van der Waals surface area contributed by atoms with Crippen LogP contribution in [-0.2, 0) is 5.60 Å². The second-order valence-electron chi connectivity index (χ2n) is 2.64. The van der Waals surface area contributed by atoms with Gasteiger partial charge in [0.25, 0.3) is 0 Å². The highest BCUT2D eigenvalue weighted by molar-refractivity contribution is 6.18. The van der Waals surface area contributed by atoms with Crippen molar-refractivity contribution in [1.82, 2.24) is 4.98 Å². The van der Waals surface area contributed by atoms with E-state index in [1.165, 1.54) is 0 Å². The van der Waals surface area contributed by atoms with Crippen LogP contribution in [0.3, 0.4) is 0 Å². The molecular weight excluding hydrogens is 162 g/mol. The number of rotatable bonds is 2. The Kier molecular flexibility index (Phi) is 2.47. The fourth-order valence-corrected chi connectivity index (χ4v) is 0.942. The molecule has 1 heterocycles. The number of hydrogen-bond donors (Lipinski definition) is 1. The number of pyridine rings is 1. The van der Waals surface area contributed by atoms with Crippen molar-refractivity contribution >= 4 is 11.6 Å². The molecule has 0 saturated heterocycles. The molecule has 3 heteroatoms. The van der Waals surface area contributed by atoms with Crippen LogP contribution in [0.5, 0.6) is 0 Å². The van der Waals surface area contributed by atoms with E-state index in [0.717, 1.165) is 5.56 Å². The highest BCUT2D eigenvalue weighted by atomic mass is 35.5. The van der Waals surface area contributed by atoms with Crippen LogP contribution in [-0.4, -0.2) is 16.0 Å². The van der Waals surface area contributed by atoms with Gasteiger partial charge in [0.2, 0.25) is 0 Å². The normalized spacial score (nSPS) is 15.9. The van der Waals surface area contributed by atoms with Crippen molar-refractivity contribution in [3.63, 3.8) is 0 Å². The summed E-state index contributed by atoms with van der Waals surface area (Å²) in [7, 11) is 0. The lowest BCUT2D eigenvalue weighted by Gasteiger charge is -2.19. The van der Waals surface area contributed by atoms with Gasteiger partial charge in [-0.1, -0.05) is 0 Å². The molecule has 1 atom stereocenters. The molecule has 0 bridgehead atoms. The van der Waals surface area contributed by atoms with Crippen LogP contribution < -0.4 is 0 Å². The molecule has 0 aliphatic heterocycles. The summed E-state index contributed by atoms with van der Waals surface area (Å²) in [5, 5.41) is 9.63. The van der Waals surface area contributed by atoms with E-state index in [4.69, 9.17) is 11.6 Å². The summed E-state index contributed by atoms with van der Waals surface area (Å²) < 4.78 is 0. The summed E-state index contributed by atoms with van der Waals surface area (Å²) in [6.45, 7) is 1.68. The maximum atomic E-state index is 9.63. The lowest BCUT2D eigenvalue weighted by Crippen LogP contribution is -2.22. The maximum absolute atomic E-state index is 9.63. The molecule has 1 rings (SSSR count). The van der Waals surface area contributed by atoms with E-state index < -0.39 is 5.60 Å². The van der Waals surface area contributed by atoms with Gasteiger partial charge in [0, 0.05) is 12.4 Å². The molecule has 0 saturated carbocycles. The largest absolute Gasteiger partial charge is 0.384 e. The van der Waals surface area contributed by atoms with Crippen molar-refractivity contribution in [2.45, 2.75) is 12.5 Å². The predicted molar refractivity (Wildman–Crippen MR) is 44.5 cm³/mol. The number of nitrogens with zero attached hydrogens (tertiary/aromatic N) is 1. The number of halogens is 1. The average Bonchev–Trinajstić information content (AvgIpc) is 2.06. The lowest BCUT2D eigenvalue weighted by molar-refractivity contribution is 0.0823. The first kappa shape index (κ1) is 8.50. The molecular formula is C8H10ClNO. The van der Waals surface area contributed by atoms with Gasteiger partial charge >= 0.3 is 0 Å². The molecule has 0 spiro atoms. The summed E-state index contributed by atoms with van der Waals surface area (Å²) in [5.41, 5.74) is -0.146. The van der Waals surface area contributed by atoms with E-state index in [0.29, 0.717) is 0 Å². The Balaban J connectivity index is 2.93. The Morgan fingerprint density at radius 3 is 2.55 bits per heavy atom. The zero-order chi connectivity index (χ0) is 8.32. The zero-order valence-corrected chi connectivity index (χ0v) is 7.04. The minimum absolute atomic E-state index is 0.191. The third-order valence-corrected chi connectivity index (χ3v) is 2.08. The van der Waals surface area contributed by atoms with E-state index in [9.17, 15) is 5.11 Å². The Bertz CT molecular complexity index is 223. The summed E-state index contributed by atoms with van der Waals surface area (Å²) in [4.78, 5) is 3.84. The topological polar surface area (TPSA) is 33.1 Å².